The van der Waals surface area contributed by atoms with Crippen molar-refractivity contribution in [1.82, 2.24) is 15.1 Å². The predicted molar refractivity (Wildman–Crippen MR) is 86.9 cm³/mol. The molecule has 0 aliphatic carbocycles. The number of rotatable bonds is 3. The smallest absolute Gasteiger partial charge is 0.325 e. The topological polar surface area (TPSA) is 69.7 Å². The molecule has 2 aliphatic heterocycles. The lowest BCUT2D eigenvalue weighted by Gasteiger charge is -2.34. The second kappa shape index (κ2) is 5.96. The Kier molecular flexibility index (Phi) is 4.14. The van der Waals surface area contributed by atoms with E-state index in [1.54, 1.807) is 11.8 Å². The van der Waals surface area contributed by atoms with Crippen LogP contribution in [0.25, 0.3) is 0 Å². The minimum atomic E-state index is -1.07. The molecule has 2 aliphatic rings. The zero-order valence-corrected chi connectivity index (χ0v) is 14.2. The molecule has 2 saturated heterocycles. The van der Waals surface area contributed by atoms with Crippen LogP contribution in [0.3, 0.4) is 0 Å². The van der Waals surface area contributed by atoms with Gasteiger partial charge in [0.05, 0.1) is 0 Å². The summed E-state index contributed by atoms with van der Waals surface area (Å²) in [5, 5.41) is 4.59. The highest BCUT2D eigenvalue weighted by Crippen LogP contribution is 2.32. The van der Waals surface area contributed by atoms with Gasteiger partial charge in [-0.2, -0.15) is 0 Å². The molecule has 1 aromatic heterocycles. The Labute approximate surface area is 139 Å². The lowest BCUT2D eigenvalue weighted by molar-refractivity contribution is -0.140. The molecule has 2 unspecified atom stereocenters. The Balaban J connectivity index is 1.74. The van der Waals surface area contributed by atoms with Crippen LogP contribution in [-0.2, 0) is 15.1 Å². The molecular weight excluding hydrogens is 314 g/mol. The maximum absolute atomic E-state index is 12.7. The van der Waals surface area contributed by atoms with Crippen molar-refractivity contribution in [3.05, 3.63) is 22.4 Å². The number of hydrogen-bond donors (Lipinski definition) is 1. The lowest BCUT2D eigenvalue weighted by Crippen LogP contribution is -2.48. The summed E-state index contributed by atoms with van der Waals surface area (Å²) in [7, 11) is 0. The van der Waals surface area contributed by atoms with Gasteiger partial charge in [-0.25, -0.2) is 4.79 Å². The molecule has 2 fully saturated rings. The second-order valence-electron chi connectivity index (χ2n) is 6.36. The largest absolute Gasteiger partial charge is 0.338 e. The maximum atomic E-state index is 12.7. The van der Waals surface area contributed by atoms with E-state index in [4.69, 9.17) is 0 Å². The number of carbonyl (C=O) groups is 3. The van der Waals surface area contributed by atoms with Crippen LogP contribution < -0.4 is 5.32 Å². The Morgan fingerprint density at radius 1 is 1.43 bits per heavy atom. The monoisotopic (exact) mass is 335 g/mol. The van der Waals surface area contributed by atoms with Crippen molar-refractivity contribution < 1.29 is 14.4 Å². The van der Waals surface area contributed by atoms with E-state index in [1.807, 2.05) is 24.4 Å². The first-order valence-electron chi connectivity index (χ1n) is 7.91. The normalized spacial score (nSPS) is 28.2. The van der Waals surface area contributed by atoms with Crippen molar-refractivity contribution >= 4 is 29.2 Å². The average Bonchev–Trinajstić information content (AvgIpc) is 3.12. The molecule has 0 bridgehead atoms. The van der Waals surface area contributed by atoms with Crippen molar-refractivity contribution in [2.24, 2.45) is 0 Å². The van der Waals surface area contributed by atoms with Gasteiger partial charge >= 0.3 is 6.03 Å². The van der Waals surface area contributed by atoms with E-state index in [9.17, 15) is 14.4 Å². The first kappa shape index (κ1) is 16.0. The van der Waals surface area contributed by atoms with E-state index in [-0.39, 0.29) is 24.4 Å². The molecule has 7 heteroatoms. The summed E-state index contributed by atoms with van der Waals surface area (Å²) in [6.45, 7) is 4.22. The van der Waals surface area contributed by atoms with Gasteiger partial charge in [0.25, 0.3) is 5.91 Å². The molecule has 0 radical (unpaired) electrons. The molecule has 3 rings (SSSR count). The molecule has 3 heterocycles. The predicted octanol–water partition coefficient (Wildman–Crippen LogP) is 1.92. The van der Waals surface area contributed by atoms with Gasteiger partial charge in [-0.1, -0.05) is 6.07 Å². The Hall–Kier alpha value is -1.89. The number of urea groups is 1. The fourth-order valence-corrected chi connectivity index (χ4v) is 4.10. The minimum absolute atomic E-state index is 0.156. The molecule has 124 valence electrons. The molecule has 0 aromatic carbocycles. The molecular formula is C16H21N3O3S. The van der Waals surface area contributed by atoms with Gasteiger partial charge in [0.2, 0.25) is 5.91 Å². The third kappa shape index (κ3) is 2.73. The summed E-state index contributed by atoms with van der Waals surface area (Å²) < 4.78 is 0. The third-order valence-corrected chi connectivity index (χ3v) is 5.80. The fourth-order valence-electron chi connectivity index (χ4n) is 3.27. The quantitative estimate of drug-likeness (QED) is 0.858. The number of nitrogens with zero attached hydrogens (tertiary/aromatic N) is 2. The molecule has 0 saturated carbocycles. The van der Waals surface area contributed by atoms with Crippen molar-refractivity contribution in [3.63, 3.8) is 0 Å². The van der Waals surface area contributed by atoms with Gasteiger partial charge in [0.1, 0.15) is 6.54 Å². The van der Waals surface area contributed by atoms with Crippen LogP contribution in [0.1, 0.15) is 38.0 Å². The third-order valence-electron chi connectivity index (χ3n) is 4.71. The van der Waals surface area contributed by atoms with E-state index in [1.165, 1.54) is 11.3 Å². The molecule has 0 spiro atoms. The van der Waals surface area contributed by atoms with Gasteiger partial charge < -0.3 is 10.2 Å². The molecule has 6 nitrogen and oxygen atoms in total. The van der Waals surface area contributed by atoms with E-state index >= 15 is 0 Å². The van der Waals surface area contributed by atoms with Gasteiger partial charge in [0.15, 0.2) is 5.54 Å². The van der Waals surface area contributed by atoms with Crippen LogP contribution in [0.5, 0.6) is 0 Å². The van der Waals surface area contributed by atoms with Crippen LogP contribution >= 0.6 is 11.3 Å². The number of carbonyl (C=O) groups excluding carboxylic acids is 3. The minimum Gasteiger partial charge on any atom is -0.338 e. The second-order valence-corrected chi connectivity index (χ2v) is 7.30. The van der Waals surface area contributed by atoms with Crippen molar-refractivity contribution in [3.8, 4) is 0 Å². The number of amides is 4. The van der Waals surface area contributed by atoms with Crippen LogP contribution in [-0.4, -0.2) is 46.8 Å². The average molecular weight is 335 g/mol. The highest BCUT2D eigenvalue weighted by Gasteiger charge is 2.50. The molecule has 23 heavy (non-hydrogen) atoms. The highest BCUT2D eigenvalue weighted by atomic mass is 32.1. The lowest BCUT2D eigenvalue weighted by atomic mass is 10.0. The number of likely N-dealkylation sites (tertiary alicyclic amines) is 1. The van der Waals surface area contributed by atoms with E-state index in [0.29, 0.717) is 6.54 Å². The molecule has 1 aromatic rings. The van der Waals surface area contributed by atoms with Crippen molar-refractivity contribution in [2.45, 2.75) is 44.7 Å². The van der Waals surface area contributed by atoms with Gasteiger partial charge in [0, 0.05) is 17.5 Å². The van der Waals surface area contributed by atoms with Crippen LogP contribution in [0, 0.1) is 0 Å². The Bertz CT molecular complexity index is 631. The highest BCUT2D eigenvalue weighted by molar-refractivity contribution is 7.10. The summed E-state index contributed by atoms with van der Waals surface area (Å²) in [6, 6.07) is 3.33. The fraction of sp³-hybridized carbons (Fsp3) is 0.562. The number of piperidine rings is 1. The number of thiophene rings is 1. The van der Waals surface area contributed by atoms with E-state index in [2.05, 4.69) is 5.32 Å². The molecule has 4 amide bonds. The first-order chi connectivity index (χ1) is 10.9. The number of nitrogens with one attached hydrogen (secondary N) is 1. The SMILES string of the molecule is CC1CCCCN1C(=O)CN1C(=O)NC(C)(c2cccs2)C1=O. The molecule has 2 atom stereocenters. The van der Waals surface area contributed by atoms with Crippen LogP contribution in [0.15, 0.2) is 17.5 Å². The standard InChI is InChI=1S/C16H21N3O3S/c1-11-6-3-4-8-18(11)13(20)10-19-14(21)16(2,17-15(19)22)12-7-5-9-23-12/h5,7,9,11H,3-4,6,8,10H2,1-2H3,(H,17,22). The summed E-state index contributed by atoms with van der Waals surface area (Å²) in [6.07, 6.45) is 3.06. The zero-order valence-electron chi connectivity index (χ0n) is 13.4. The van der Waals surface area contributed by atoms with Gasteiger partial charge in [-0.15, -0.1) is 11.3 Å². The molecule has 1 N–H and O–H groups in total. The first-order valence-corrected chi connectivity index (χ1v) is 8.79. The number of imide groups is 1. The Morgan fingerprint density at radius 2 is 2.22 bits per heavy atom. The van der Waals surface area contributed by atoms with Crippen molar-refractivity contribution in [2.75, 3.05) is 13.1 Å². The van der Waals surface area contributed by atoms with E-state index < -0.39 is 11.6 Å². The maximum Gasteiger partial charge on any atom is 0.325 e. The number of hydrogen-bond acceptors (Lipinski definition) is 4. The summed E-state index contributed by atoms with van der Waals surface area (Å²) >= 11 is 1.42. The van der Waals surface area contributed by atoms with Crippen LogP contribution in [0.2, 0.25) is 0 Å². The summed E-state index contributed by atoms with van der Waals surface area (Å²) in [5.41, 5.74) is -1.07. The summed E-state index contributed by atoms with van der Waals surface area (Å²) in [4.78, 5) is 41.0. The van der Waals surface area contributed by atoms with Crippen molar-refractivity contribution in [1.29, 1.82) is 0 Å². The Morgan fingerprint density at radius 3 is 2.87 bits per heavy atom. The summed E-state index contributed by atoms with van der Waals surface area (Å²) in [5.74, 6) is -0.515. The van der Waals surface area contributed by atoms with Crippen LogP contribution in [0.4, 0.5) is 4.79 Å². The zero-order chi connectivity index (χ0) is 16.6. The van der Waals surface area contributed by atoms with Gasteiger partial charge in [-0.05, 0) is 44.6 Å². The van der Waals surface area contributed by atoms with E-state index in [0.717, 1.165) is 29.0 Å². The van der Waals surface area contributed by atoms with Gasteiger partial charge in [-0.3, -0.25) is 14.5 Å².